The number of carbonyl (C=O) groups is 1. The summed E-state index contributed by atoms with van der Waals surface area (Å²) in [5.41, 5.74) is 0.626. The molecule has 6 heteroatoms. The van der Waals surface area contributed by atoms with Gasteiger partial charge in [0.15, 0.2) is 11.3 Å². The van der Waals surface area contributed by atoms with Crippen LogP contribution in [-0.2, 0) is 0 Å². The van der Waals surface area contributed by atoms with Gasteiger partial charge in [0.2, 0.25) is 11.5 Å². The predicted molar refractivity (Wildman–Crippen MR) is 100 cm³/mol. The molecule has 4 aromatic rings. The quantitative estimate of drug-likeness (QED) is 0.526. The van der Waals surface area contributed by atoms with E-state index in [1.54, 1.807) is 42.5 Å². The average molecular weight is 364 g/mol. The second-order valence-corrected chi connectivity index (χ2v) is 6.03. The molecule has 136 valence electrons. The van der Waals surface area contributed by atoms with Crippen molar-refractivity contribution in [1.82, 2.24) is 0 Å². The van der Waals surface area contributed by atoms with E-state index in [0.717, 1.165) is 5.39 Å². The number of hydrogen-bond acceptors (Lipinski definition) is 6. The van der Waals surface area contributed by atoms with Crippen molar-refractivity contribution >= 4 is 27.5 Å². The maximum absolute atomic E-state index is 13.2. The van der Waals surface area contributed by atoms with Crippen molar-refractivity contribution in [3.63, 3.8) is 0 Å². The SMILES string of the molecule is COc1c(C(=O)c2ccc3ccc(O)cc3c2)c(O)c(OC)c2occc12. The van der Waals surface area contributed by atoms with E-state index in [4.69, 9.17) is 13.9 Å². The molecule has 0 unspecified atom stereocenters. The summed E-state index contributed by atoms with van der Waals surface area (Å²) in [6.07, 6.45) is 1.43. The Hall–Kier alpha value is -3.67. The number of benzene rings is 3. The Bertz CT molecular complexity index is 1190. The normalized spacial score (nSPS) is 11.0. The van der Waals surface area contributed by atoms with E-state index >= 15 is 0 Å². The van der Waals surface area contributed by atoms with Gasteiger partial charge in [-0.15, -0.1) is 0 Å². The molecular formula is C21H16O6. The zero-order chi connectivity index (χ0) is 19.1. The smallest absolute Gasteiger partial charge is 0.205 e. The Morgan fingerprint density at radius 1 is 0.926 bits per heavy atom. The lowest BCUT2D eigenvalue weighted by Crippen LogP contribution is -2.06. The van der Waals surface area contributed by atoms with E-state index in [2.05, 4.69) is 0 Å². The number of carbonyl (C=O) groups excluding carboxylic acids is 1. The predicted octanol–water partition coefficient (Wildman–Crippen LogP) is 4.25. The highest BCUT2D eigenvalue weighted by atomic mass is 16.5. The molecule has 4 rings (SSSR count). The fourth-order valence-electron chi connectivity index (χ4n) is 3.26. The third kappa shape index (κ3) is 2.54. The molecule has 27 heavy (non-hydrogen) atoms. The molecule has 6 nitrogen and oxygen atoms in total. The molecule has 0 spiro atoms. The average Bonchev–Trinajstić information content (AvgIpc) is 3.15. The first-order chi connectivity index (χ1) is 13.0. The molecule has 0 aliphatic carbocycles. The minimum absolute atomic E-state index is 0.0113. The number of fused-ring (bicyclic) bond motifs is 2. The Balaban J connectivity index is 1.96. The Labute approximate surface area is 154 Å². The lowest BCUT2D eigenvalue weighted by atomic mass is 9.97. The van der Waals surface area contributed by atoms with Crippen molar-refractivity contribution in [2.24, 2.45) is 0 Å². The molecular weight excluding hydrogens is 348 g/mol. The van der Waals surface area contributed by atoms with E-state index < -0.39 is 5.78 Å². The number of phenols is 2. The third-order valence-corrected chi connectivity index (χ3v) is 4.52. The van der Waals surface area contributed by atoms with Crippen LogP contribution in [0.3, 0.4) is 0 Å². The van der Waals surface area contributed by atoms with Gasteiger partial charge in [0.1, 0.15) is 17.1 Å². The first-order valence-electron chi connectivity index (χ1n) is 8.16. The molecule has 0 radical (unpaired) electrons. The van der Waals surface area contributed by atoms with Crippen molar-refractivity contribution in [1.29, 1.82) is 0 Å². The van der Waals surface area contributed by atoms with E-state index in [1.807, 2.05) is 0 Å². The minimum atomic E-state index is -0.434. The van der Waals surface area contributed by atoms with Crippen LogP contribution < -0.4 is 9.47 Å². The molecule has 0 amide bonds. The van der Waals surface area contributed by atoms with Crippen molar-refractivity contribution in [3.05, 3.63) is 59.9 Å². The monoisotopic (exact) mass is 364 g/mol. The largest absolute Gasteiger partial charge is 0.508 e. The highest BCUT2D eigenvalue weighted by molar-refractivity contribution is 6.17. The van der Waals surface area contributed by atoms with Crippen LogP contribution in [0.2, 0.25) is 0 Å². The highest BCUT2D eigenvalue weighted by Crippen LogP contribution is 2.46. The van der Waals surface area contributed by atoms with Gasteiger partial charge in [-0.25, -0.2) is 0 Å². The lowest BCUT2D eigenvalue weighted by Gasteiger charge is -2.14. The van der Waals surface area contributed by atoms with Gasteiger partial charge in [-0.3, -0.25) is 4.79 Å². The summed E-state index contributed by atoms with van der Waals surface area (Å²) in [5, 5.41) is 22.5. The molecule has 1 aromatic heterocycles. The van der Waals surface area contributed by atoms with Crippen LogP contribution in [-0.4, -0.2) is 30.2 Å². The van der Waals surface area contributed by atoms with E-state index in [1.165, 1.54) is 20.5 Å². The zero-order valence-corrected chi connectivity index (χ0v) is 14.6. The Kier molecular flexibility index (Phi) is 3.88. The topological polar surface area (TPSA) is 89.1 Å². The van der Waals surface area contributed by atoms with Crippen LogP contribution in [0.15, 0.2) is 53.1 Å². The first-order valence-corrected chi connectivity index (χ1v) is 8.16. The molecule has 0 atom stereocenters. The van der Waals surface area contributed by atoms with Gasteiger partial charge in [-0.2, -0.15) is 0 Å². The number of ketones is 1. The summed E-state index contributed by atoms with van der Waals surface area (Å²) in [5.74, 6) is -0.404. The number of furan rings is 1. The molecule has 0 aliphatic rings. The van der Waals surface area contributed by atoms with Crippen molar-refractivity contribution in [2.45, 2.75) is 0 Å². The van der Waals surface area contributed by atoms with Gasteiger partial charge >= 0.3 is 0 Å². The maximum atomic E-state index is 13.2. The molecule has 1 heterocycles. The fraction of sp³-hybridized carbons (Fsp3) is 0.0952. The highest BCUT2D eigenvalue weighted by Gasteiger charge is 2.28. The van der Waals surface area contributed by atoms with Gasteiger partial charge in [-0.05, 0) is 35.0 Å². The second-order valence-electron chi connectivity index (χ2n) is 6.03. The Morgan fingerprint density at radius 2 is 1.67 bits per heavy atom. The number of ether oxygens (including phenoxy) is 2. The maximum Gasteiger partial charge on any atom is 0.205 e. The summed E-state index contributed by atoms with van der Waals surface area (Å²) in [6, 6.07) is 11.6. The summed E-state index contributed by atoms with van der Waals surface area (Å²) in [7, 11) is 2.81. The molecule has 3 aromatic carbocycles. The summed E-state index contributed by atoms with van der Waals surface area (Å²) in [4.78, 5) is 13.2. The minimum Gasteiger partial charge on any atom is -0.508 e. The molecule has 0 fully saturated rings. The van der Waals surface area contributed by atoms with Crippen LogP contribution in [0.4, 0.5) is 0 Å². The van der Waals surface area contributed by atoms with Gasteiger partial charge in [0.25, 0.3) is 0 Å². The number of phenolic OH excluding ortho intramolecular Hbond substituents is 2. The van der Waals surface area contributed by atoms with Crippen LogP contribution in [0.5, 0.6) is 23.0 Å². The van der Waals surface area contributed by atoms with Crippen LogP contribution in [0.25, 0.3) is 21.7 Å². The van der Waals surface area contributed by atoms with Gasteiger partial charge < -0.3 is 24.1 Å². The number of rotatable bonds is 4. The second kappa shape index (κ2) is 6.25. The molecule has 0 aliphatic heterocycles. The van der Waals surface area contributed by atoms with Gasteiger partial charge in [0, 0.05) is 5.56 Å². The lowest BCUT2D eigenvalue weighted by molar-refractivity contribution is 0.103. The van der Waals surface area contributed by atoms with Crippen LogP contribution >= 0.6 is 0 Å². The molecule has 2 N–H and O–H groups in total. The fourth-order valence-corrected chi connectivity index (χ4v) is 3.26. The van der Waals surface area contributed by atoms with Crippen molar-refractivity contribution in [3.8, 4) is 23.0 Å². The molecule has 0 bridgehead atoms. The van der Waals surface area contributed by atoms with Gasteiger partial charge in [0.05, 0.1) is 25.9 Å². The first kappa shape index (κ1) is 16.8. The van der Waals surface area contributed by atoms with Crippen molar-refractivity contribution < 1.29 is 28.9 Å². The van der Waals surface area contributed by atoms with E-state index in [-0.39, 0.29) is 28.6 Å². The van der Waals surface area contributed by atoms with E-state index in [9.17, 15) is 15.0 Å². The summed E-state index contributed by atoms with van der Waals surface area (Å²) < 4.78 is 16.0. The molecule has 0 saturated carbocycles. The third-order valence-electron chi connectivity index (χ3n) is 4.52. The van der Waals surface area contributed by atoms with Crippen LogP contribution in [0, 0.1) is 0 Å². The Morgan fingerprint density at radius 3 is 2.41 bits per heavy atom. The van der Waals surface area contributed by atoms with Crippen molar-refractivity contribution in [2.75, 3.05) is 14.2 Å². The number of hydrogen-bond donors (Lipinski definition) is 2. The number of methoxy groups -OCH3 is 2. The van der Waals surface area contributed by atoms with Gasteiger partial charge in [-0.1, -0.05) is 18.2 Å². The summed E-state index contributed by atoms with van der Waals surface area (Å²) in [6.45, 7) is 0. The zero-order valence-electron chi connectivity index (χ0n) is 14.6. The van der Waals surface area contributed by atoms with E-state index in [0.29, 0.717) is 21.9 Å². The number of aromatic hydroxyl groups is 2. The van der Waals surface area contributed by atoms with Crippen LogP contribution in [0.1, 0.15) is 15.9 Å². The molecule has 0 saturated heterocycles. The standard InChI is InChI=1S/C21H16O6/c1-25-19-15-7-8-27-20(15)21(26-2)18(24)16(19)17(23)12-4-3-11-5-6-14(22)10-13(11)9-12/h3-10,22,24H,1-2H3. The summed E-state index contributed by atoms with van der Waals surface area (Å²) >= 11 is 0.